The van der Waals surface area contributed by atoms with Crippen LogP contribution in [-0.2, 0) is 10.1 Å². The van der Waals surface area contributed by atoms with Crippen molar-refractivity contribution in [1.82, 2.24) is 0 Å². The van der Waals surface area contributed by atoms with Gasteiger partial charge in [0, 0.05) is 5.70 Å². The van der Waals surface area contributed by atoms with E-state index in [9.17, 15) is 8.42 Å². The minimum atomic E-state index is -3.95. The lowest BCUT2D eigenvalue weighted by Gasteiger charge is -1.91. The van der Waals surface area contributed by atoms with Crippen molar-refractivity contribution in [2.75, 3.05) is 5.75 Å². The molecule has 0 spiro atoms. The third-order valence-electron chi connectivity index (χ3n) is 0.368. The fraction of sp³-hybridized carbons (Fsp3) is 0.333. The molecule has 3 N–H and O–H groups in total. The summed E-state index contributed by atoms with van der Waals surface area (Å²) in [5.74, 6) is -0.562. The zero-order valence-electron chi connectivity index (χ0n) is 4.16. The Kier molecular flexibility index (Phi) is 2.00. The predicted octanol–water partition coefficient (Wildman–Crippen LogP) is -0.653. The quantitative estimate of drug-likeness (QED) is 0.495. The number of hydrogen-bond donors (Lipinski definition) is 2. The molecule has 0 saturated heterocycles. The average Bonchev–Trinajstić information content (AvgIpc) is 1.21. The highest BCUT2D eigenvalue weighted by atomic mass is 32.2. The average molecular weight is 137 g/mol. The second-order valence-electron chi connectivity index (χ2n) is 1.38. The van der Waals surface area contributed by atoms with E-state index < -0.39 is 15.9 Å². The van der Waals surface area contributed by atoms with Crippen molar-refractivity contribution in [2.24, 2.45) is 5.73 Å². The Morgan fingerprint density at radius 3 is 2.12 bits per heavy atom. The molecule has 0 heterocycles. The monoisotopic (exact) mass is 137 g/mol. The smallest absolute Gasteiger partial charge is 0.270 e. The van der Waals surface area contributed by atoms with Crippen molar-refractivity contribution in [2.45, 2.75) is 0 Å². The van der Waals surface area contributed by atoms with E-state index in [1.807, 2.05) is 0 Å². The van der Waals surface area contributed by atoms with Crippen LogP contribution in [0.3, 0.4) is 0 Å². The summed E-state index contributed by atoms with van der Waals surface area (Å²) in [6.07, 6.45) is 0. The molecule has 0 bridgehead atoms. The van der Waals surface area contributed by atoms with Crippen molar-refractivity contribution >= 4 is 10.1 Å². The van der Waals surface area contributed by atoms with E-state index in [0.29, 0.717) is 0 Å². The normalized spacial score (nSPS) is 11.1. The molecule has 0 aliphatic heterocycles. The summed E-state index contributed by atoms with van der Waals surface area (Å²) in [5.41, 5.74) is 4.78. The molecule has 0 atom stereocenters. The Balaban J connectivity index is 3.95. The molecule has 5 heteroatoms. The maximum atomic E-state index is 9.86. The van der Waals surface area contributed by atoms with Gasteiger partial charge in [0.25, 0.3) is 10.1 Å². The van der Waals surface area contributed by atoms with Crippen molar-refractivity contribution in [3.8, 4) is 0 Å². The van der Waals surface area contributed by atoms with Gasteiger partial charge in [-0.15, -0.1) is 0 Å². The van der Waals surface area contributed by atoms with Crippen LogP contribution in [0.25, 0.3) is 0 Å². The second kappa shape index (κ2) is 2.15. The second-order valence-corrected chi connectivity index (χ2v) is 2.84. The lowest BCUT2D eigenvalue weighted by molar-refractivity contribution is 0.486. The molecule has 0 aromatic rings. The topological polar surface area (TPSA) is 80.4 Å². The fourth-order valence-electron chi connectivity index (χ4n) is 0.234. The third-order valence-corrected chi connectivity index (χ3v) is 1.10. The molecule has 0 aliphatic carbocycles. The SMILES string of the molecule is C=C(N)CS(=O)(=O)O. The van der Waals surface area contributed by atoms with E-state index in [1.165, 1.54) is 0 Å². The summed E-state index contributed by atoms with van der Waals surface area (Å²) in [6.45, 7) is 3.08. The summed E-state index contributed by atoms with van der Waals surface area (Å²) < 4.78 is 27.7. The van der Waals surface area contributed by atoms with E-state index >= 15 is 0 Å². The van der Waals surface area contributed by atoms with Crippen molar-refractivity contribution < 1.29 is 13.0 Å². The first-order chi connectivity index (χ1) is 3.42. The Morgan fingerprint density at radius 2 is 2.12 bits per heavy atom. The molecule has 0 radical (unpaired) electrons. The van der Waals surface area contributed by atoms with Gasteiger partial charge in [0.05, 0.1) is 0 Å². The number of hydrogen-bond acceptors (Lipinski definition) is 3. The van der Waals surface area contributed by atoms with Crippen LogP contribution in [0.2, 0.25) is 0 Å². The van der Waals surface area contributed by atoms with Gasteiger partial charge < -0.3 is 5.73 Å². The van der Waals surface area contributed by atoms with E-state index in [4.69, 9.17) is 10.3 Å². The van der Waals surface area contributed by atoms with Gasteiger partial charge in [0.2, 0.25) is 0 Å². The molecule has 0 amide bonds. The fourth-order valence-corrected chi connectivity index (χ4v) is 0.703. The summed E-state index contributed by atoms with van der Waals surface area (Å²) >= 11 is 0. The molecule has 8 heavy (non-hydrogen) atoms. The van der Waals surface area contributed by atoms with E-state index in [0.717, 1.165) is 0 Å². The molecule has 48 valence electrons. The standard InChI is InChI=1S/C3H7NO3S/c1-3(4)2-8(5,6)7/h1-2,4H2,(H,5,6,7). The zero-order valence-corrected chi connectivity index (χ0v) is 4.98. The zero-order chi connectivity index (χ0) is 6.78. The summed E-state index contributed by atoms with van der Waals surface area (Å²) in [6, 6.07) is 0. The highest BCUT2D eigenvalue weighted by Gasteiger charge is 2.02. The van der Waals surface area contributed by atoms with Gasteiger partial charge in [-0.25, -0.2) is 0 Å². The van der Waals surface area contributed by atoms with Crippen LogP contribution in [0.5, 0.6) is 0 Å². The first kappa shape index (κ1) is 7.45. The van der Waals surface area contributed by atoms with Crippen LogP contribution >= 0.6 is 0 Å². The molecule has 0 saturated carbocycles. The minimum Gasteiger partial charge on any atom is -0.402 e. The third kappa shape index (κ3) is 5.45. The highest BCUT2D eigenvalue weighted by molar-refractivity contribution is 7.85. The first-order valence-corrected chi connectivity index (χ1v) is 3.41. The molecule has 0 unspecified atom stereocenters. The first-order valence-electron chi connectivity index (χ1n) is 1.80. The van der Waals surface area contributed by atoms with Gasteiger partial charge in [-0.05, 0) is 0 Å². The van der Waals surface area contributed by atoms with Gasteiger partial charge in [-0.1, -0.05) is 6.58 Å². The molecular weight excluding hydrogens is 130 g/mol. The Hall–Kier alpha value is -0.550. The lowest BCUT2D eigenvalue weighted by atomic mass is 10.6. The van der Waals surface area contributed by atoms with Crippen molar-refractivity contribution in [3.63, 3.8) is 0 Å². The van der Waals surface area contributed by atoms with E-state index in [2.05, 4.69) is 6.58 Å². The number of rotatable bonds is 2. The summed E-state index contributed by atoms with van der Waals surface area (Å²) in [4.78, 5) is 0. The van der Waals surface area contributed by atoms with Gasteiger partial charge in [0.15, 0.2) is 0 Å². The van der Waals surface area contributed by atoms with Crippen LogP contribution in [0, 0.1) is 0 Å². The van der Waals surface area contributed by atoms with Crippen LogP contribution in [0.4, 0.5) is 0 Å². The Labute approximate surface area is 47.7 Å². The molecule has 0 aromatic carbocycles. The summed E-state index contributed by atoms with van der Waals surface area (Å²) in [5, 5.41) is 0. The van der Waals surface area contributed by atoms with Gasteiger partial charge >= 0.3 is 0 Å². The maximum absolute atomic E-state index is 9.86. The van der Waals surface area contributed by atoms with Gasteiger partial charge in [-0.3, -0.25) is 4.55 Å². The van der Waals surface area contributed by atoms with Gasteiger partial charge in [-0.2, -0.15) is 8.42 Å². The minimum absolute atomic E-state index is 0.0625. The predicted molar refractivity (Wildman–Crippen MR) is 29.7 cm³/mol. The maximum Gasteiger partial charge on any atom is 0.270 e. The molecule has 0 aliphatic rings. The lowest BCUT2D eigenvalue weighted by Crippen LogP contribution is -2.10. The molecule has 0 fully saturated rings. The highest BCUT2D eigenvalue weighted by Crippen LogP contribution is 1.85. The van der Waals surface area contributed by atoms with E-state index in [1.54, 1.807) is 0 Å². The number of nitrogens with two attached hydrogens (primary N) is 1. The van der Waals surface area contributed by atoms with Crippen LogP contribution in [-0.4, -0.2) is 18.7 Å². The van der Waals surface area contributed by atoms with Crippen molar-refractivity contribution in [3.05, 3.63) is 12.3 Å². The van der Waals surface area contributed by atoms with Crippen molar-refractivity contribution in [1.29, 1.82) is 0 Å². The Bertz CT molecular complexity index is 181. The van der Waals surface area contributed by atoms with Gasteiger partial charge in [0.1, 0.15) is 5.75 Å². The van der Waals surface area contributed by atoms with Crippen LogP contribution < -0.4 is 5.73 Å². The summed E-state index contributed by atoms with van der Waals surface area (Å²) in [7, 11) is -3.95. The van der Waals surface area contributed by atoms with Crippen LogP contribution in [0.1, 0.15) is 0 Å². The Morgan fingerprint density at radius 1 is 1.75 bits per heavy atom. The molecule has 4 nitrogen and oxygen atoms in total. The molecular formula is C3H7NO3S. The van der Waals surface area contributed by atoms with E-state index in [-0.39, 0.29) is 5.70 Å². The van der Waals surface area contributed by atoms with Crippen LogP contribution in [0.15, 0.2) is 12.3 Å². The molecule has 0 rings (SSSR count). The molecule has 0 aromatic heterocycles. The largest absolute Gasteiger partial charge is 0.402 e.